The molecule has 0 aliphatic heterocycles. The first-order valence-corrected chi connectivity index (χ1v) is 7.92. The Morgan fingerprint density at radius 1 is 1.13 bits per heavy atom. The number of benzene rings is 1. The van der Waals surface area contributed by atoms with Crippen LogP contribution in [0.3, 0.4) is 0 Å². The summed E-state index contributed by atoms with van der Waals surface area (Å²) in [6, 6.07) is 5.89. The van der Waals surface area contributed by atoms with Gasteiger partial charge in [0.15, 0.2) is 0 Å². The van der Waals surface area contributed by atoms with Gasteiger partial charge >= 0.3 is 6.36 Å². The third-order valence-electron chi connectivity index (χ3n) is 4.43. The summed E-state index contributed by atoms with van der Waals surface area (Å²) in [6.07, 6.45) is -0.147. The summed E-state index contributed by atoms with van der Waals surface area (Å²) in [5.74, 6) is -0.363. The lowest BCUT2D eigenvalue weighted by Gasteiger charge is -2.40. The van der Waals surface area contributed by atoms with Gasteiger partial charge in [0.1, 0.15) is 5.75 Å². The number of aliphatic hydroxyl groups is 1. The van der Waals surface area contributed by atoms with Crippen molar-refractivity contribution in [2.45, 2.75) is 50.0 Å². The van der Waals surface area contributed by atoms with E-state index in [4.69, 9.17) is 0 Å². The van der Waals surface area contributed by atoms with Crippen molar-refractivity contribution in [1.29, 1.82) is 0 Å². The molecule has 2 rings (SSSR count). The van der Waals surface area contributed by atoms with Crippen molar-refractivity contribution < 1.29 is 23.0 Å². The monoisotopic (exact) mass is 331 g/mol. The molecule has 3 nitrogen and oxygen atoms in total. The summed E-state index contributed by atoms with van der Waals surface area (Å²) in [5, 5.41) is 11.1. The summed E-state index contributed by atoms with van der Waals surface area (Å²) in [7, 11) is 3.86. The van der Waals surface area contributed by atoms with Crippen molar-refractivity contribution in [3.8, 4) is 5.75 Å². The van der Waals surface area contributed by atoms with Gasteiger partial charge in [-0.25, -0.2) is 0 Å². The maximum Gasteiger partial charge on any atom is 0.573 e. The second kappa shape index (κ2) is 7.09. The number of ether oxygens (including phenoxy) is 1. The average Bonchev–Trinajstić information content (AvgIpc) is 2.45. The highest BCUT2D eigenvalue weighted by atomic mass is 19.4. The van der Waals surface area contributed by atoms with E-state index in [2.05, 4.69) is 4.74 Å². The summed E-state index contributed by atoms with van der Waals surface area (Å²) in [5.41, 5.74) is 0.0483. The van der Waals surface area contributed by atoms with Gasteiger partial charge in [-0.2, -0.15) is 0 Å². The number of halogens is 3. The highest BCUT2D eigenvalue weighted by Gasteiger charge is 2.39. The highest BCUT2D eigenvalue weighted by Crippen LogP contribution is 2.40. The molecule has 1 aliphatic carbocycles. The summed E-state index contributed by atoms with van der Waals surface area (Å²) < 4.78 is 40.7. The maximum atomic E-state index is 12.3. The molecule has 0 heterocycles. The van der Waals surface area contributed by atoms with Crippen LogP contribution in [0.5, 0.6) is 5.75 Å². The Balaban J connectivity index is 2.21. The van der Waals surface area contributed by atoms with Crippen molar-refractivity contribution in [2.75, 3.05) is 20.6 Å². The van der Waals surface area contributed by atoms with Gasteiger partial charge in [0.25, 0.3) is 0 Å². The van der Waals surface area contributed by atoms with Crippen LogP contribution in [0.25, 0.3) is 0 Å². The second-order valence-corrected chi connectivity index (χ2v) is 6.60. The van der Waals surface area contributed by atoms with Gasteiger partial charge in [-0.3, -0.25) is 0 Å². The Hall–Kier alpha value is -1.27. The first-order valence-electron chi connectivity index (χ1n) is 7.92. The minimum atomic E-state index is -4.69. The fourth-order valence-corrected chi connectivity index (χ4v) is 3.37. The summed E-state index contributed by atoms with van der Waals surface area (Å²) in [6.45, 7) is 0.649. The third-order valence-corrected chi connectivity index (χ3v) is 4.43. The Bertz CT molecular complexity index is 494. The van der Waals surface area contributed by atoms with Crippen molar-refractivity contribution in [3.63, 3.8) is 0 Å². The fraction of sp³-hybridized carbons (Fsp3) is 0.647. The lowest BCUT2D eigenvalue weighted by atomic mass is 9.72. The third kappa shape index (κ3) is 5.11. The van der Waals surface area contributed by atoms with Gasteiger partial charge in [0.2, 0.25) is 0 Å². The molecule has 1 atom stereocenters. The van der Waals surface area contributed by atoms with Gasteiger partial charge in [-0.05, 0) is 44.6 Å². The molecule has 1 aromatic carbocycles. The highest BCUT2D eigenvalue weighted by molar-refractivity contribution is 5.31. The first-order chi connectivity index (χ1) is 10.7. The molecule has 1 N–H and O–H groups in total. The van der Waals surface area contributed by atoms with E-state index in [1.54, 1.807) is 12.1 Å². The molecule has 1 saturated carbocycles. The number of likely N-dealkylation sites (N-methyl/N-ethyl adjacent to an activating group) is 1. The molecule has 1 unspecified atom stereocenters. The molecule has 23 heavy (non-hydrogen) atoms. The summed E-state index contributed by atoms with van der Waals surface area (Å²) >= 11 is 0. The predicted octanol–water partition coefficient (Wildman–Crippen LogP) is 3.93. The molecule has 6 heteroatoms. The molecule has 0 radical (unpaired) electrons. The number of hydrogen-bond donors (Lipinski definition) is 1. The fourth-order valence-electron chi connectivity index (χ4n) is 3.37. The average molecular weight is 331 g/mol. The van der Waals surface area contributed by atoms with Gasteiger partial charge in [-0.15, -0.1) is 13.2 Å². The maximum absolute atomic E-state index is 12.3. The normalized spacial score (nSPS) is 19.6. The lowest BCUT2D eigenvalue weighted by Crippen LogP contribution is -2.42. The Morgan fingerprint density at radius 3 is 2.17 bits per heavy atom. The minimum Gasteiger partial charge on any atom is -0.406 e. The number of nitrogens with zero attached hydrogens (tertiary/aromatic N) is 1. The molecular formula is C17H24F3NO2. The number of rotatable bonds is 5. The van der Waals surface area contributed by atoms with Crippen molar-refractivity contribution in [1.82, 2.24) is 4.90 Å². The van der Waals surface area contributed by atoms with E-state index in [1.165, 1.54) is 12.1 Å². The van der Waals surface area contributed by atoms with Crippen LogP contribution >= 0.6 is 0 Å². The van der Waals surface area contributed by atoms with E-state index in [-0.39, 0.29) is 11.7 Å². The molecule has 0 amide bonds. The van der Waals surface area contributed by atoms with E-state index < -0.39 is 12.0 Å². The van der Waals surface area contributed by atoms with E-state index in [0.717, 1.165) is 37.7 Å². The zero-order valence-corrected chi connectivity index (χ0v) is 13.6. The largest absolute Gasteiger partial charge is 0.573 e. The molecule has 0 saturated heterocycles. The van der Waals surface area contributed by atoms with Crippen LogP contribution in [-0.2, 0) is 0 Å². The zero-order chi connectivity index (χ0) is 17.1. The molecular weight excluding hydrogens is 307 g/mol. The zero-order valence-electron chi connectivity index (χ0n) is 13.6. The van der Waals surface area contributed by atoms with Crippen molar-refractivity contribution >= 4 is 0 Å². The number of hydrogen-bond acceptors (Lipinski definition) is 3. The van der Waals surface area contributed by atoms with Gasteiger partial charge in [0, 0.05) is 12.5 Å². The van der Waals surface area contributed by atoms with E-state index in [0.29, 0.717) is 6.54 Å². The second-order valence-electron chi connectivity index (χ2n) is 6.60. The van der Waals surface area contributed by atoms with Gasteiger partial charge < -0.3 is 14.7 Å². The predicted molar refractivity (Wildman–Crippen MR) is 82.5 cm³/mol. The van der Waals surface area contributed by atoms with E-state index in [1.807, 2.05) is 19.0 Å². The topological polar surface area (TPSA) is 32.7 Å². The van der Waals surface area contributed by atoms with Crippen molar-refractivity contribution in [3.05, 3.63) is 29.8 Å². The summed E-state index contributed by atoms with van der Waals surface area (Å²) in [4.78, 5) is 2.00. The van der Waals surface area contributed by atoms with Gasteiger partial charge in [0.05, 0.1) is 5.60 Å². The van der Waals surface area contributed by atoms with Crippen LogP contribution in [0, 0.1) is 0 Å². The molecule has 0 bridgehead atoms. The quantitative estimate of drug-likeness (QED) is 0.887. The van der Waals surface area contributed by atoms with Gasteiger partial charge in [-0.1, -0.05) is 31.4 Å². The Morgan fingerprint density at radius 2 is 1.70 bits per heavy atom. The Labute approximate surface area is 135 Å². The Kier molecular flexibility index (Phi) is 5.57. The van der Waals surface area contributed by atoms with Crippen LogP contribution in [0.4, 0.5) is 13.2 Å². The standard InChI is InChI=1S/C17H24F3NO2/c1-21(2)12-15(16(22)10-4-3-5-11-16)13-6-8-14(9-7-13)23-17(18,19)20/h6-9,15,22H,3-5,10-12H2,1-2H3. The minimum absolute atomic E-state index is 0.127. The molecule has 130 valence electrons. The number of alkyl halides is 3. The van der Waals surface area contributed by atoms with E-state index in [9.17, 15) is 18.3 Å². The van der Waals surface area contributed by atoms with Crippen LogP contribution < -0.4 is 4.74 Å². The molecule has 1 aliphatic rings. The van der Waals surface area contributed by atoms with Crippen molar-refractivity contribution in [2.24, 2.45) is 0 Å². The molecule has 0 spiro atoms. The van der Waals surface area contributed by atoms with Crippen LogP contribution in [-0.4, -0.2) is 42.6 Å². The lowest BCUT2D eigenvalue weighted by molar-refractivity contribution is -0.274. The van der Waals surface area contributed by atoms with Crippen LogP contribution in [0.2, 0.25) is 0 Å². The smallest absolute Gasteiger partial charge is 0.406 e. The SMILES string of the molecule is CN(C)CC(c1ccc(OC(F)(F)F)cc1)C1(O)CCCCC1. The van der Waals surface area contributed by atoms with Crippen LogP contribution in [0.15, 0.2) is 24.3 Å². The van der Waals surface area contributed by atoms with Crippen LogP contribution in [0.1, 0.15) is 43.6 Å². The molecule has 1 aromatic rings. The molecule has 0 aromatic heterocycles. The first kappa shape index (κ1) is 18.1. The molecule has 1 fully saturated rings. The van der Waals surface area contributed by atoms with E-state index >= 15 is 0 Å².